The van der Waals surface area contributed by atoms with Crippen LogP contribution in [-0.2, 0) is 13.0 Å². The van der Waals surface area contributed by atoms with Crippen LogP contribution in [0.1, 0.15) is 35.3 Å². The molecule has 0 bridgehead atoms. The van der Waals surface area contributed by atoms with E-state index in [0.29, 0.717) is 28.4 Å². The van der Waals surface area contributed by atoms with Crippen molar-refractivity contribution in [3.8, 4) is 17.3 Å². The maximum atomic E-state index is 9.34. The van der Waals surface area contributed by atoms with Crippen molar-refractivity contribution in [2.24, 2.45) is 0 Å². The molecule has 0 aliphatic rings. The molecule has 0 aliphatic carbocycles. The van der Waals surface area contributed by atoms with Crippen LogP contribution in [0.15, 0.2) is 36.7 Å². The third kappa shape index (κ3) is 3.57. The molecular weight excluding hydrogens is 384 g/mol. The van der Waals surface area contributed by atoms with Gasteiger partial charge in [0.2, 0.25) is 0 Å². The molecule has 6 nitrogen and oxygen atoms in total. The number of nitrogens with zero attached hydrogens (tertiary/aromatic N) is 6. The Morgan fingerprint density at radius 2 is 1.93 bits per heavy atom. The summed E-state index contributed by atoms with van der Waals surface area (Å²) in [6.07, 6.45) is 4.20. The molecule has 0 spiro atoms. The number of halogens is 1. The molecular formula is C22H19ClN6. The monoisotopic (exact) mass is 402 g/mol. The Bertz CT molecular complexity index is 1250. The van der Waals surface area contributed by atoms with Gasteiger partial charge in [-0.3, -0.25) is 9.97 Å². The van der Waals surface area contributed by atoms with Crippen molar-refractivity contribution in [3.63, 3.8) is 0 Å². The Labute approximate surface area is 173 Å². The first-order chi connectivity index (χ1) is 14.0. The third-order valence-corrected chi connectivity index (χ3v) is 5.06. The van der Waals surface area contributed by atoms with Gasteiger partial charge in [0.15, 0.2) is 5.65 Å². The summed E-state index contributed by atoms with van der Waals surface area (Å²) < 4.78 is 2.10. The number of aryl methyl sites for hydroxylation is 3. The molecule has 0 fully saturated rings. The summed E-state index contributed by atoms with van der Waals surface area (Å²) in [5.41, 5.74) is 6.47. The van der Waals surface area contributed by atoms with E-state index in [9.17, 15) is 5.26 Å². The number of rotatable bonds is 4. The average Bonchev–Trinajstić information content (AvgIpc) is 3.06. The van der Waals surface area contributed by atoms with Crippen LogP contribution in [-0.4, -0.2) is 24.5 Å². The van der Waals surface area contributed by atoms with E-state index < -0.39 is 0 Å². The van der Waals surface area contributed by atoms with Crippen LogP contribution in [0.4, 0.5) is 0 Å². The van der Waals surface area contributed by atoms with Crippen molar-refractivity contribution < 1.29 is 0 Å². The molecule has 0 unspecified atom stereocenters. The van der Waals surface area contributed by atoms with E-state index in [1.165, 1.54) is 0 Å². The lowest BCUT2D eigenvalue weighted by atomic mass is 10.1. The van der Waals surface area contributed by atoms with Gasteiger partial charge < -0.3 is 4.57 Å². The van der Waals surface area contributed by atoms with Gasteiger partial charge in [0.05, 0.1) is 42.0 Å². The fourth-order valence-electron chi connectivity index (χ4n) is 3.45. The topological polar surface area (TPSA) is 80.3 Å². The van der Waals surface area contributed by atoms with Crippen molar-refractivity contribution in [1.82, 2.24) is 24.5 Å². The summed E-state index contributed by atoms with van der Waals surface area (Å²) in [6, 6.07) is 9.33. The quantitative estimate of drug-likeness (QED) is 0.496. The molecule has 0 N–H and O–H groups in total. The SMILES string of the molecule is CCc1nc2c(C)cc(C)nc2n1Cc1cnc(-c2cc(Cl)ccc2C#N)cn1. The second kappa shape index (κ2) is 7.61. The molecule has 144 valence electrons. The predicted molar refractivity (Wildman–Crippen MR) is 113 cm³/mol. The maximum Gasteiger partial charge on any atom is 0.160 e. The highest BCUT2D eigenvalue weighted by Crippen LogP contribution is 2.25. The molecule has 7 heteroatoms. The number of hydrogen-bond donors (Lipinski definition) is 0. The molecule has 3 aromatic heterocycles. The Morgan fingerprint density at radius 1 is 1.10 bits per heavy atom. The minimum absolute atomic E-state index is 0.514. The number of nitriles is 1. The van der Waals surface area contributed by atoms with Crippen molar-refractivity contribution in [2.75, 3.05) is 0 Å². The summed E-state index contributed by atoms with van der Waals surface area (Å²) in [6.45, 7) is 6.66. The molecule has 4 rings (SSSR count). The highest BCUT2D eigenvalue weighted by atomic mass is 35.5. The zero-order valence-electron chi connectivity index (χ0n) is 16.4. The molecule has 29 heavy (non-hydrogen) atoms. The van der Waals surface area contributed by atoms with E-state index in [0.717, 1.165) is 40.4 Å². The molecule has 0 radical (unpaired) electrons. The van der Waals surface area contributed by atoms with Gasteiger partial charge in [0.1, 0.15) is 11.3 Å². The second-order valence-corrected chi connectivity index (χ2v) is 7.35. The zero-order valence-corrected chi connectivity index (χ0v) is 17.2. The Morgan fingerprint density at radius 3 is 2.62 bits per heavy atom. The Kier molecular flexibility index (Phi) is 4.99. The van der Waals surface area contributed by atoms with E-state index in [1.54, 1.807) is 30.6 Å². The summed E-state index contributed by atoms with van der Waals surface area (Å²) in [5.74, 6) is 0.966. The molecule has 0 atom stereocenters. The minimum atomic E-state index is 0.514. The highest BCUT2D eigenvalue weighted by Gasteiger charge is 2.15. The van der Waals surface area contributed by atoms with Crippen LogP contribution in [0.25, 0.3) is 22.4 Å². The largest absolute Gasteiger partial charge is 0.307 e. The number of pyridine rings is 1. The summed E-state index contributed by atoms with van der Waals surface area (Å²) in [7, 11) is 0. The number of fused-ring (bicyclic) bond motifs is 1. The van der Waals surface area contributed by atoms with Gasteiger partial charge in [0, 0.05) is 22.7 Å². The number of benzene rings is 1. The summed E-state index contributed by atoms with van der Waals surface area (Å²) in [5, 5.41) is 9.90. The minimum Gasteiger partial charge on any atom is -0.307 e. The molecule has 4 aromatic rings. The first-order valence-corrected chi connectivity index (χ1v) is 9.72. The molecule has 1 aromatic carbocycles. The molecule has 0 amide bonds. The first kappa shape index (κ1) is 19.0. The van der Waals surface area contributed by atoms with E-state index >= 15 is 0 Å². The number of hydrogen-bond acceptors (Lipinski definition) is 5. The maximum absolute atomic E-state index is 9.34. The van der Waals surface area contributed by atoms with E-state index in [2.05, 4.69) is 34.5 Å². The predicted octanol–water partition coefficient (Wildman–Crippen LogP) is 4.64. The third-order valence-electron chi connectivity index (χ3n) is 4.82. The standard InChI is InChI=1S/C22H19ClN6/c1-4-20-28-21-13(2)7-14(3)27-22(21)29(20)12-17-10-26-19(11-25-17)18-8-16(23)6-5-15(18)9-24/h5-8,10-11H,4,12H2,1-3H3. The normalized spacial score (nSPS) is 11.0. The molecule has 0 aliphatic heterocycles. The lowest BCUT2D eigenvalue weighted by Gasteiger charge is -2.09. The highest BCUT2D eigenvalue weighted by molar-refractivity contribution is 6.30. The van der Waals surface area contributed by atoms with Crippen LogP contribution < -0.4 is 0 Å². The lowest BCUT2D eigenvalue weighted by Crippen LogP contribution is -2.07. The second-order valence-electron chi connectivity index (χ2n) is 6.92. The van der Waals surface area contributed by atoms with Crippen molar-refractivity contribution >= 4 is 22.8 Å². The van der Waals surface area contributed by atoms with E-state index in [-0.39, 0.29) is 0 Å². The summed E-state index contributed by atoms with van der Waals surface area (Å²) in [4.78, 5) is 18.6. The van der Waals surface area contributed by atoms with Crippen LogP contribution in [0.2, 0.25) is 5.02 Å². The van der Waals surface area contributed by atoms with Gasteiger partial charge in [0.25, 0.3) is 0 Å². The van der Waals surface area contributed by atoms with Gasteiger partial charge >= 0.3 is 0 Å². The van der Waals surface area contributed by atoms with Crippen LogP contribution in [0.5, 0.6) is 0 Å². The molecule has 0 saturated heterocycles. The summed E-state index contributed by atoms with van der Waals surface area (Å²) >= 11 is 6.09. The lowest BCUT2D eigenvalue weighted by molar-refractivity contribution is 0.726. The Hall–Kier alpha value is -3.30. The first-order valence-electron chi connectivity index (χ1n) is 9.34. The zero-order chi connectivity index (χ0) is 20.5. The number of aromatic nitrogens is 5. The van der Waals surface area contributed by atoms with E-state index in [1.807, 2.05) is 13.0 Å². The van der Waals surface area contributed by atoms with Crippen molar-refractivity contribution in [3.05, 3.63) is 70.0 Å². The average molecular weight is 403 g/mol. The van der Waals surface area contributed by atoms with E-state index in [4.69, 9.17) is 21.6 Å². The Balaban J connectivity index is 1.72. The smallest absolute Gasteiger partial charge is 0.160 e. The van der Waals surface area contributed by atoms with Gasteiger partial charge in [-0.05, 0) is 43.7 Å². The van der Waals surface area contributed by atoms with Crippen LogP contribution >= 0.6 is 11.6 Å². The van der Waals surface area contributed by atoms with Crippen molar-refractivity contribution in [1.29, 1.82) is 5.26 Å². The number of imidazole rings is 1. The van der Waals surface area contributed by atoms with Crippen LogP contribution in [0.3, 0.4) is 0 Å². The van der Waals surface area contributed by atoms with Crippen molar-refractivity contribution in [2.45, 2.75) is 33.7 Å². The fourth-order valence-corrected chi connectivity index (χ4v) is 3.62. The van der Waals surface area contributed by atoms with Gasteiger partial charge in [-0.1, -0.05) is 18.5 Å². The van der Waals surface area contributed by atoms with Gasteiger partial charge in [-0.15, -0.1) is 0 Å². The van der Waals surface area contributed by atoms with Gasteiger partial charge in [-0.2, -0.15) is 5.26 Å². The fraction of sp³-hybridized carbons (Fsp3) is 0.227. The molecule has 3 heterocycles. The van der Waals surface area contributed by atoms with Gasteiger partial charge in [-0.25, -0.2) is 9.97 Å². The van der Waals surface area contributed by atoms with Crippen LogP contribution in [0, 0.1) is 25.2 Å². The molecule has 0 saturated carbocycles.